The lowest BCUT2D eigenvalue weighted by Gasteiger charge is -2.20. The summed E-state index contributed by atoms with van der Waals surface area (Å²) in [7, 11) is 0. The minimum absolute atomic E-state index is 0.581. The molecule has 0 fully saturated rings. The zero-order valence-corrected chi connectivity index (χ0v) is 10.8. The predicted molar refractivity (Wildman–Crippen MR) is 69.4 cm³/mol. The molecular formula is C13H18N2O4. The number of nitrogens with two attached hydrogens (primary N) is 1. The third kappa shape index (κ3) is 4.04. The van der Waals surface area contributed by atoms with Crippen LogP contribution in [0.1, 0.15) is 24.1 Å². The van der Waals surface area contributed by atoms with Crippen LogP contribution in [0, 0.1) is 6.92 Å². The van der Waals surface area contributed by atoms with Crippen LogP contribution in [0.3, 0.4) is 0 Å². The van der Waals surface area contributed by atoms with Gasteiger partial charge in [0.05, 0.1) is 6.10 Å². The summed E-state index contributed by atoms with van der Waals surface area (Å²) in [5.41, 5.74) is 7.36. The number of nitrogens with one attached hydrogen (secondary N) is 1. The molecule has 0 heterocycles. The molecule has 3 atom stereocenters. The van der Waals surface area contributed by atoms with E-state index in [9.17, 15) is 14.7 Å². The summed E-state index contributed by atoms with van der Waals surface area (Å²) >= 11 is 0. The van der Waals surface area contributed by atoms with E-state index >= 15 is 0 Å². The Kier molecular flexibility index (Phi) is 5.02. The van der Waals surface area contributed by atoms with Gasteiger partial charge in [0.1, 0.15) is 6.04 Å². The summed E-state index contributed by atoms with van der Waals surface area (Å²) in [5.74, 6) is -1.95. The topological polar surface area (TPSA) is 113 Å². The maximum Gasteiger partial charge on any atom is 0.328 e. The molecule has 1 unspecified atom stereocenters. The van der Waals surface area contributed by atoms with Gasteiger partial charge in [0.15, 0.2) is 6.04 Å². The van der Waals surface area contributed by atoms with Crippen LogP contribution in [0.4, 0.5) is 0 Å². The summed E-state index contributed by atoms with van der Waals surface area (Å²) in [6, 6.07) is 4.69. The van der Waals surface area contributed by atoms with Crippen molar-refractivity contribution in [1.82, 2.24) is 5.32 Å². The van der Waals surface area contributed by atoms with Crippen molar-refractivity contribution in [2.45, 2.75) is 32.0 Å². The molecule has 0 bridgehead atoms. The molecule has 6 heteroatoms. The van der Waals surface area contributed by atoms with Crippen molar-refractivity contribution in [1.29, 1.82) is 0 Å². The van der Waals surface area contributed by atoms with Gasteiger partial charge in [-0.15, -0.1) is 0 Å². The van der Waals surface area contributed by atoms with E-state index in [0.29, 0.717) is 5.56 Å². The first-order valence-electron chi connectivity index (χ1n) is 5.86. The summed E-state index contributed by atoms with van der Waals surface area (Å²) in [6.07, 6.45) is -1.20. The number of carbonyl (C=O) groups excluding carboxylic acids is 1. The molecule has 1 rings (SSSR count). The molecule has 6 nitrogen and oxygen atoms in total. The third-order valence-corrected chi connectivity index (χ3v) is 2.77. The van der Waals surface area contributed by atoms with E-state index in [1.54, 1.807) is 12.1 Å². The van der Waals surface area contributed by atoms with Gasteiger partial charge in [-0.2, -0.15) is 0 Å². The van der Waals surface area contributed by atoms with Crippen molar-refractivity contribution in [3.8, 4) is 0 Å². The van der Waals surface area contributed by atoms with E-state index in [2.05, 4.69) is 5.32 Å². The molecule has 19 heavy (non-hydrogen) atoms. The Bertz CT molecular complexity index is 456. The first kappa shape index (κ1) is 15.1. The van der Waals surface area contributed by atoms with Gasteiger partial charge in [-0.1, -0.05) is 29.8 Å². The molecule has 1 amide bonds. The number of hydrogen-bond acceptors (Lipinski definition) is 4. The van der Waals surface area contributed by atoms with Crippen LogP contribution in [0.5, 0.6) is 0 Å². The van der Waals surface area contributed by atoms with Gasteiger partial charge in [-0.25, -0.2) is 4.79 Å². The fourth-order valence-corrected chi connectivity index (χ4v) is 1.56. The largest absolute Gasteiger partial charge is 0.480 e. The fourth-order valence-electron chi connectivity index (χ4n) is 1.56. The van der Waals surface area contributed by atoms with Crippen LogP contribution < -0.4 is 11.1 Å². The Morgan fingerprint density at radius 1 is 1.26 bits per heavy atom. The van der Waals surface area contributed by atoms with Gasteiger partial charge in [-0.05, 0) is 19.4 Å². The van der Waals surface area contributed by atoms with Crippen LogP contribution in [-0.2, 0) is 9.59 Å². The number of aliphatic hydroxyl groups excluding tert-OH is 1. The van der Waals surface area contributed by atoms with E-state index < -0.39 is 30.1 Å². The number of carbonyl (C=O) groups is 2. The summed E-state index contributed by atoms with van der Waals surface area (Å²) in [5, 5.41) is 20.4. The minimum atomic E-state index is -1.37. The zero-order valence-electron chi connectivity index (χ0n) is 10.8. The Morgan fingerprint density at radius 3 is 2.21 bits per heavy atom. The van der Waals surface area contributed by atoms with E-state index in [-0.39, 0.29) is 0 Å². The average molecular weight is 266 g/mol. The summed E-state index contributed by atoms with van der Waals surface area (Å²) in [4.78, 5) is 22.7. The zero-order chi connectivity index (χ0) is 14.6. The molecular weight excluding hydrogens is 248 g/mol. The number of benzene rings is 1. The number of hydrogen-bond donors (Lipinski definition) is 4. The molecule has 0 aliphatic rings. The Morgan fingerprint density at radius 2 is 1.79 bits per heavy atom. The number of aryl methyl sites for hydroxylation is 1. The highest BCUT2D eigenvalue weighted by Gasteiger charge is 2.27. The first-order chi connectivity index (χ1) is 8.82. The van der Waals surface area contributed by atoms with Crippen molar-refractivity contribution in [3.63, 3.8) is 0 Å². The Labute approximate surface area is 111 Å². The highest BCUT2D eigenvalue weighted by molar-refractivity contribution is 5.87. The predicted octanol–water partition coefficient (Wildman–Crippen LogP) is -0.0550. The molecule has 0 radical (unpaired) electrons. The Hall–Kier alpha value is -1.92. The molecule has 0 aliphatic heterocycles. The van der Waals surface area contributed by atoms with Gasteiger partial charge in [0.2, 0.25) is 5.91 Å². The molecule has 1 aromatic carbocycles. The minimum Gasteiger partial charge on any atom is -0.480 e. The fraction of sp³-hybridized carbons (Fsp3) is 0.385. The monoisotopic (exact) mass is 266 g/mol. The van der Waals surface area contributed by atoms with Crippen LogP contribution in [0.2, 0.25) is 0 Å². The normalized spacial score (nSPS) is 15.4. The molecule has 0 spiro atoms. The highest BCUT2D eigenvalue weighted by Crippen LogP contribution is 2.12. The number of aliphatic hydroxyl groups is 1. The number of aliphatic carboxylic acids is 1. The quantitative estimate of drug-likeness (QED) is 0.596. The van der Waals surface area contributed by atoms with E-state index in [1.165, 1.54) is 6.92 Å². The lowest BCUT2D eigenvalue weighted by atomic mass is 10.0. The highest BCUT2D eigenvalue weighted by atomic mass is 16.4. The van der Waals surface area contributed by atoms with Crippen LogP contribution in [-0.4, -0.2) is 34.2 Å². The smallest absolute Gasteiger partial charge is 0.328 e. The van der Waals surface area contributed by atoms with Crippen molar-refractivity contribution in [2.75, 3.05) is 0 Å². The third-order valence-electron chi connectivity index (χ3n) is 2.77. The van der Waals surface area contributed by atoms with Crippen molar-refractivity contribution in [2.24, 2.45) is 5.73 Å². The number of amides is 1. The van der Waals surface area contributed by atoms with E-state index in [1.807, 2.05) is 19.1 Å². The molecule has 5 N–H and O–H groups in total. The van der Waals surface area contributed by atoms with Crippen LogP contribution in [0.25, 0.3) is 0 Å². The number of rotatable bonds is 5. The van der Waals surface area contributed by atoms with Crippen LogP contribution >= 0.6 is 0 Å². The average Bonchev–Trinajstić information content (AvgIpc) is 2.34. The lowest BCUT2D eigenvalue weighted by molar-refractivity contribution is -0.145. The second-order valence-electron chi connectivity index (χ2n) is 4.45. The maximum absolute atomic E-state index is 11.8. The SMILES string of the molecule is Cc1ccc(C(N)C(=O)N[C@H](C(=O)O)[C@@H](C)O)cc1. The van der Waals surface area contributed by atoms with Crippen molar-refractivity contribution >= 4 is 11.9 Å². The second-order valence-corrected chi connectivity index (χ2v) is 4.45. The van der Waals surface area contributed by atoms with Gasteiger partial charge >= 0.3 is 5.97 Å². The maximum atomic E-state index is 11.8. The van der Waals surface area contributed by atoms with E-state index in [0.717, 1.165) is 5.56 Å². The molecule has 0 saturated carbocycles. The molecule has 0 saturated heterocycles. The Balaban J connectivity index is 2.77. The molecule has 0 aliphatic carbocycles. The first-order valence-corrected chi connectivity index (χ1v) is 5.86. The number of carboxylic acid groups (broad SMARTS) is 1. The van der Waals surface area contributed by atoms with Crippen molar-refractivity contribution < 1.29 is 19.8 Å². The standard InChI is InChI=1S/C13H18N2O4/c1-7-3-5-9(6-4-7)10(14)12(17)15-11(8(2)16)13(18)19/h3-6,8,10-11,16H,14H2,1-2H3,(H,15,17)(H,18,19)/t8-,10?,11+/m1/s1. The van der Waals surface area contributed by atoms with Crippen molar-refractivity contribution in [3.05, 3.63) is 35.4 Å². The lowest BCUT2D eigenvalue weighted by Crippen LogP contribution is -2.50. The summed E-state index contributed by atoms with van der Waals surface area (Å²) < 4.78 is 0. The van der Waals surface area contributed by atoms with Gasteiger partial charge in [-0.3, -0.25) is 4.79 Å². The van der Waals surface area contributed by atoms with Gasteiger partial charge in [0, 0.05) is 0 Å². The van der Waals surface area contributed by atoms with E-state index in [4.69, 9.17) is 10.8 Å². The van der Waals surface area contributed by atoms with Crippen LogP contribution in [0.15, 0.2) is 24.3 Å². The molecule has 1 aromatic rings. The molecule has 0 aromatic heterocycles. The van der Waals surface area contributed by atoms with Gasteiger partial charge < -0.3 is 21.3 Å². The second kappa shape index (κ2) is 6.31. The molecule has 104 valence electrons. The van der Waals surface area contributed by atoms with Gasteiger partial charge in [0.25, 0.3) is 0 Å². The number of carboxylic acids is 1. The summed E-state index contributed by atoms with van der Waals surface area (Å²) in [6.45, 7) is 3.19.